The van der Waals surface area contributed by atoms with Crippen molar-refractivity contribution in [1.82, 2.24) is 14.7 Å². The van der Waals surface area contributed by atoms with Gasteiger partial charge in [0.15, 0.2) is 0 Å². The van der Waals surface area contributed by atoms with Gasteiger partial charge in [-0.2, -0.15) is 0 Å². The van der Waals surface area contributed by atoms with E-state index in [0.29, 0.717) is 0 Å². The molecule has 0 saturated carbocycles. The minimum Gasteiger partial charge on any atom is -0.316 e. The molecule has 0 atom stereocenters. The summed E-state index contributed by atoms with van der Waals surface area (Å²) < 4.78 is 2.91. The summed E-state index contributed by atoms with van der Waals surface area (Å²) in [6, 6.07) is 4.12. The molecule has 0 aliphatic rings. The van der Waals surface area contributed by atoms with Crippen molar-refractivity contribution in [3.63, 3.8) is 0 Å². The Bertz CT molecular complexity index is 422. The van der Waals surface area contributed by atoms with Gasteiger partial charge in [-0.25, -0.2) is 4.98 Å². The second-order valence-electron chi connectivity index (χ2n) is 2.86. The first kappa shape index (κ1) is 8.72. The fraction of sp³-hybridized carbons (Fsp3) is 0.222. The van der Waals surface area contributed by atoms with Gasteiger partial charge in [0.25, 0.3) is 0 Å². The van der Waals surface area contributed by atoms with E-state index >= 15 is 0 Å². The lowest BCUT2D eigenvalue weighted by molar-refractivity contribution is 0.818. The normalized spacial score (nSPS) is 10.9. The van der Waals surface area contributed by atoms with E-state index in [9.17, 15) is 0 Å². The molecule has 0 fully saturated rings. The first-order valence-electron chi connectivity index (χ1n) is 4.07. The average Bonchev–Trinajstić information content (AvgIpc) is 2.50. The molecule has 0 unspecified atom stereocenters. The van der Waals surface area contributed by atoms with Crippen LogP contribution in [0.3, 0.4) is 0 Å². The third-order valence-electron chi connectivity index (χ3n) is 1.96. The molecule has 0 spiro atoms. The summed E-state index contributed by atoms with van der Waals surface area (Å²) in [5.74, 6) is 0. The molecule has 0 radical (unpaired) electrons. The fourth-order valence-electron chi connectivity index (χ4n) is 1.41. The molecule has 0 aromatic carbocycles. The highest BCUT2D eigenvalue weighted by Crippen LogP contribution is 2.19. The molecule has 1 N–H and O–H groups in total. The first-order chi connectivity index (χ1) is 6.33. The number of pyridine rings is 1. The molecule has 4 heteroatoms. The Morgan fingerprint density at radius 1 is 1.62 bits per heavy atom. The van der Waals surface area contributed by atoms with Gasteiger partial charge in [0.2, 0.25) is 0 Å². The van der Waals surface area contributed by atoms with Crippen LogP contribution in [0.2, 0.25) is 0 Å². The van der Waals surface area contributed by atoms with Crippen LogP contribution in [-0.4, -0.2) is 16.4 Å². The van der Waals surface area contributed by atoms with Crippen LogP contribution in [-0.2, 0) is 6.54 Å². The van der Waals surface area contributed by atoms with E-state index in [-0.39, 0.29) is 0 Å². The Labute approximate surface area is 84.9 Å². The van der Waals surface area contributed by atoms with Gasteiger partial charge in [-0.05, 0) is 34.6 Å². The Morgan fingerprint density at radius 3 is 3.23 bits per heavy atom. The van der Waals surface area contributed by atoms with Gasteiger partial charge in [-0.15, -0.1) is 0 Å². The molecule has 0 aliphatic heterocycles. The second kappa shape index (κ2) is 3.47. The van der Waals surface area contributed by atoms with Crippen LogP contribution in [0.25, 0.3) is 5.52 Å². The van der Waals surface area contributed by atoms with E-state index < -0.39 is 0 Å². The van der Waals surface area contributed by atoms with E-state index in [1.807, 2.05) is 23.7 Å². The highest BCUT2D eigenvalue weighted by atomic mass is 79.9. The average molecular weight is 240 g/mol. The molecule has 2 aromatic rings. The van der Waals surface area contributed by atoms with E-state index in [0.717, 1.165) is 16.7 Å². The second-order valence-corrected chi connectivity index (χ2v) is 3.61. The number of halogens is 1. The van der Waals surface area contributed by atoms with Crippen molar-refractivity contribution in [2.24, 2.45) is 0 Å². The zero-order valence-corrected chi connectivity index (χ0v) is 8.87. The van der Waals surface area contributed by atoms with Crippen molar-refractivity contribution in [2.75, 3.05) is 7.05 Å². The summed E-state index contributed by atoms with van der Waals surface area (Å²) in [6.07, 6.45) is 3.80. The van der Waals surface area contributed by atoms with Crippen LogP contribution in [0.4, 0.5) is 0 Å². The summed E-state index contributed by atoms with van der Waals surface area (Å²) in [4.78, 5) is 4.19. The molecule has 0 bridgehead atoms. The van der Waals surface area contributed by atoms with Crippen molar-refractivity contribution in [3.05, 3.63) is 34.8 Å². The third kappa shape index (κ3) is 1.47. The lowest BCUT2D eigenvalue weighted by Gasteiger charge is -2.02. The van der Waals surface area contributed by atoms with Gasteiger partial charge in [0, 0.05) is 12.7 Å². The topological polar surface area (TPSA) is 29.3 Å². The lowest BCUT2D eigenvalue weighted by atomic mass is 10.2. The van der Waals surface area contributed by atoms with Gasteiger partial charge >= 0.3 is 0 Å². The van der Waals surface area contributed by atoms with Crippen molar-refractivity contribution in [1.29, 1.82) is 0 Å². The molecule has 2 aromatic heterocycles. The van der Waals surface area contributed by atoms with Gasteiger partial charge < -0.3 is 9.72 Å². The summed E-state index contributed by atoms with van der Waals surface area (Å²) in [7, 11) is 1.94. The Hall–Kier alpha value is -0.870. The van der Waals surface area contributed by atoms with Crippen molar-refractivity contribution in [3.8, 4) is 0 Å². The Balaban J connectivity index is 2.65. The fourth-order valence-corrected chi connectivity index (χ4v) is 1.96. The smallest absolute Gasteiger partial charge is 0.132 e. The minimum absolute atomic E-state index is 0.856. The standard InChI is InChI=1S/C9H10BrN3/c1-11-5-7-3-2-4-13-6-12-9(10)8(7)13/h2-4,6,11H,5H2,1H3. The van der Waals surface area contributed by atoms with Crippen molar-refractivity contribution in [2.45, 2.75) is 6.54 Å². The molecule has 0 saturated heterocycles. The number of imidazole rings is 1. The van der Waals surface area contributed by atoms with Crippen LogP contribution < -0.4 is 5.32 Å². The number of nitrogens with zero attached hydrogens (tertiary/aromatic N) is 2. The quantitative estimate of drug-likeness (QED) is 0.867. The molecular formula is C9H10BrN3. The predicted octanol–water partition coefficient (Wildman–Crippen LogP) is 1.82. The maximum absolute atomic E-state index is 4.19. The Morgan fingerprint density at radius 2 is 2.46 bits per heavy atom. The van der Waals surface area contributed by atoms with E-state index in [4.69, 9.17) is 0 Å². The largest absolute Gasteiger partial charge is 0.316 e. The molecule has 2 rings (SSSR count). The molecule has 13 heavy (non-hydrogen) atoms. The monoisotopic (exact) mass is 239 g/mol. The van der Waals surface area contributed by atoms with Crippen LogP contribution in [0.5, 0.6) is 0 Å². The van der Waals surface area contributed by atoms with Gasteiger partial charge in [-0.3, -0.25) is 0 Å². The minimum atomic E-state index is 0.856. The summed E-state index contributed by atoms with van der Waals surface area (Å²) in [6.45, 7) is 0.856. The number of hydrogen-bond donors (Lipinski definition) is 1. The zero-order valence-electron chi connectivity index (χ0n) is 7.29. The third-order valence-corrected chi connectivity index (χ3v) is 2.54. The van der Waals surface area contributed by atoms with Crippen LogP contribution >= 0.6 is 15.9 Å². The number of rotatable bonds is 2. The first-order valence-corrected chi connectivity index (χ1v) is 4.87. The van der Waals surface area contributed by atoms with E-state index in [1.165, 1.54) is 5.56 Å². The highest BCUT2D eigenvalue weighted by molar-refractivity contribution is 9.10. The predicted molar refractivity (Wildman–Crippen MR) is 55.7 cm³/mol. The maximum Gasteiger partial charge on any atom is 0.132 e. The van der Waals surface area contributed by atoms with E-state index in [2.05, 4.69) is 32.3 Å². The van der Waals surface area contributed by atoms with Crippen LogP contribution in [0, 0.1) is 0 Å². The lowest BCUT2D eigenvalue weighted by Crippen LogP contribution is -2.06. The molecule has 3 nitrogen and oxygen atoms in total. The molecule has 0 amide bonds. The van der Waals surface area contributed by atoms with Gasteiger partial charge in [-0.1, -0.05) is 6.07 Å². The maximum atomic E-state index is 4.19. The highest BCUT2D eigenvalue weighted by Gasteiger charge is 2.04. The van der Waals surface area contributed by atoms with Crippen molar-refractivity contribution >= 4 is 21.4 Å². The summed E-state index contributed by atoms with van der Waals surface area (Å²) >= 11 is 3.43. The van der Waals surface area contributed by atoms with E-state index in [1.54, 1.807) is 6.33 Å². The molecule has 68 valence electrons. The summed E-state index contributed by atoms with van der Waals surface area (Å²) in [5.41, 5.74) is 2.38. The van der Waals surface area contributed by atoms with Gasteiger partial charge in [0.1, 0.15) is 10.9 Å². The Kier molecular flexibility index (Phi) is 2.33. The number of aromatic nitrogens is 2. The number of fused-ring (bicyclic) bond motifs is 1. The van der Waals surface area contributed by atoms with Crippen LogP contribution in [0.1, 0.15) is 5.56 Å². The van der Waals surface area contributed by atoms with Gasteiger partial charge in [0.05, 0.1) is 5.52 Å². The van der Waals surface area contributed by atoms with Crippen molar-refractivity contribution < 1.29 is 0 Å². The SMILES string of the molecule is CNCc1cccn2cnc(Br)c12. The molecule has 2 heterocycles. The summed E-state index contributed by atoms with van der Waals surface area (Å²) in [5, 5.41) is 3.13. The number of nitrogens with one attached hydrogen (secondary N) is 1. The molecular weight excluding hydrogens is 230 g/mol. The molecule has 0 aliphatic carbocycles. The number of hydrogen-bond acceptors (Lipinski definition) is 2. The zero-order chi connectivity index (χ0) is 9.26. The van der Waals surface area contributed by atoms with Crippen LogP contribution in [0.15, 0.2) is 29.3 Å².